The van der Waals surface area contributed by atoms with Crippen LogP contribution in [0.25, 0.3) is 0 Å². The third-order valence-electron chi connectivity index (χ3n) is 5.70. The number of anilines is 2. The topological polar surface area (TPSA) is 84.5 Å². The second-order valence-corrected chi connectivity index (χ2v) is 9.85. The van der Waals surface area contributed by atoms with Crippen molar-refractivity contribution < 1.29 is 17.9 Å². The first-order chi connectivity index (χ1) is 16.7. The molecule has 0 aliphatic rings. The molecule has 0 atom stereocenters. The molecule has 0 fully saturated rings. The fourth-order valence-corrected chi connectivity index (χ4v) is 4.96. The van der Waals surface area contributed by atoms with Gasteiger partial charge in [0, 0.05) is 5.56 Å². The summed E-state index contributed by atoms with van der Waals surface area (Å²) >= 11 is 0. The predicted octanol–water partition coefficient (Wildman–Crippen LogP) is 6.46. The van der Waals surface area contributed by atoms with Crippen LogP contribution in [-0.4, -0.2) is 14.3 Å². The number of rotatable bonds is 7. The van der Waals surface area contributed by atoms with E-state index in [1.807, 2.05) is 56.3 Å². The van der Waals surface area contributed by atoms with E-state index in [0.717, 1.165) is 11.1 Å². The van der Waals surface area contributed by atoms with Gasteiger partial charge in [0.2, 0.25) is 0 Å². The quantitative estimate of drug-likeness (QED) is 0.314. The summed E-state index contributed by atoms with van der Waals surface area (Å²) in [6.07, 6.45) is 0. The number of amides is 1. The summed E-state index contributed by atoms with van der Waals surface area (Å²) in [6, 6.07) is 26.4. The van der Waals surface area contributed by atoms with Crippen LogP contribution in [-0.2, 0) is 10.0 Å². The van der Waals surface area contributed by atoms with Gasteiger partial charge >= 0.3 is 0 Å². The van der Waals surface area contributed by atoms with Gasteiger partial charge in [-0.05, 0) is 79.9 Å². The molecule has 4 aromatic carbocycles. The van der Waals surface area contributed by atoms with Crippen molar-refractivity contribution in [1.82, 2.24) is 0 Å². The molecule has 0 aliphatic heterocycles. The minimum atomic E-state index is -3.92. The monoisotopic (exact) mass is 486 g/mol. The Kier molecular flexibility index (Phi) is 6.89. The molecule has 0 bridgehead atoms. The van der Waals surface area contributed by atoms with E-state index in [9.17, 15) is 13.2 Å². The van der Waals surface area contributed by atoms with Crippen molar-refractivity contribution in [2.24, 2.45) is 0 Å². The third kappa shape index (κ3) is 5.53. The summed E-state index contributed by atoms with van der Waals surface area (Å²) in [4.78, 5) is 13.1. The Morgan fingerprint density at radius 2 is 1.43 bits per heavy atom. The molecule has 6 nitrogen and oxygen atoms in total. The summed E-state index contributed by atoms with van der Waals surface area (Å²) in [5.74, 6) is 0.663. The normalized spacial score (nSPS) is 11.1. The number of carbonyl (C=O) groups excluding carboxylic acids is 1. The Morgan fingerprint density at radius 1 is 0.743 bits per heavy atom. The number of carbonyl (C=O) groups is 1. The van der Waals surface area contributed by atoms with E-state index in [1.54, 1.807) is 49.4 Å². The van der Waals surface area contributed by atoms with Gasteiger partial charge in [-0.3, -0.25) is 9.52 Å². The first kappa shape index (κ1) is 24.0. The lowest BCUT2D eigenvalue weighted by atomic mass is 10.1. The maximum Gasteiger partial charge on any atom is 0.262 e. The van der Waals surface area contributed by atoms with Crippen molar-refractivity contribution >= 4 is 27.3 Å². The van der Waals surface area contributed by atoms with Crippen LogP contribution >= 0.6 is 0 Å². The molecule has 35 heavy (non-hydrogen) atoms. The fraction of sp³-hybridized carbons (Fsp3) is 0.107. The van der Waals surface area contributed by atoms with E-state index >= 15 is 0 Å². The van der Waals surface area contributed by atoms with Crippen LogP contribution in [0, 0.1) is 20.8 Å². The van der Waals surface area contributed by atoms with Gasteiger partial charge in [0.15, 0.2) is 5.75 Å². The Balaban J connectivity index is 1.60. The molecule has 1 amide bonds. The second-order valence-electron chi connectivity index (χ2n) is 8.20. The van der Waals surface area contributed by atoms with Gasteiger partial charge in [-0.25, -0.2) is 8.42 Å². The van der Waals surface area contributed by atoms with Crippen LogP contribution in [0.3, 0.4) is 0 Å². The number of ether oxygens (including phenoxy) is 1. The van der Waals surface area contributed by atoms with Gasteiger partial charge in [-0.1, -0.05) is 48.5 Å². The molecule has 0 aromatic heterocycles. The summed E-state index contributed by atoms with van der Waals surface area (Å²) in [7, 11) is -3.92. The van der Waals surface area contributed by atoms with Crippen molar-refractivity contribution in [3.63, 3.8) is 0 Å². The van der Waals surface area contributed by atoms with Gasteiger partial charge < -0.3 is 10.1 Å². The van der Waals surface area contributed by atoms with E-state index in [4.69, 9.17) is 4.74 Å². The summed E-state index contributed by atoms with van der Waals surface area (Å²) in [5.41, 5.74) is 3.55. The average molecular weight is 487 g/mol. The number of hydrogen-bond acceptors (Lipinski definition) is 4. The molecule has 7 heteroatoms. The highest BCUT2D eigenvalue weighted by atomic mass is 32.2. The fourth-order valence-electron chi connectivity index (χ4n) is 3.56. The molecule has 0 heterocycles. The number of hydrogen-bond donors (Lipinski definition) is 2. The predicted molar refractivity (Wildman–Crippen MR) is 139 cm³/mol. The maximum absolute atomic E-state index is 13.2. The zero-order valence-corrected chi connectivity index (χ0v) is 20.5. The van der Waals surface area contributed by atoms with Gasteiger partial charge in [0.25, 0.3) is 15.9 Å². The van der Waals surface area contributed by atoms with E-state index < -0.39 is 15.9 Å². The molecule has 0 radical (unpaired) electrons. The van der Waals surface area contributed by atoms with E-state index in [-0.39, 0.29) is 10.5 Å². The number of benzene rings is 4. The molecular formula is C28H26N2O4S. The Morgan fingerprint density at radius 3 is 2.20 bits per heavy atom. The van der Waals surface area contributed by atoms with Crippen LogP contribution in [0.2, 0.25) is 0 Å². The second kappa shape index (κ2) is 10.0. The van der Waals surface area contributed by atoms with Gasteiger partial charge in [-0.15, -0.1) is 0 Å². The van der Waals surface area contributed by atoms with Crippen molar-refractivity contribution in [2.75, 3.05) is 10.0 Å². The molecule has 2 N–H and O–H groups in total. The molecule has 0 spiro atoms. The van der Waals surface area contributed by atoms with Crippen molar-refractivity contribution in [3.8, 4) is 11.5 Å². The van der Waals surface area contributed by atoms with Gasteiger partial charge in [0.05, 0.1) is 16.3 Å². The number of para-hydroxylation sites is 3. The van der Waals surface area contributed by atoms with Crippen molar-refractivity contribution in [3.05, 3.63) is 113 Å². The Hall–Kier alpha value is -4.10. The summed E-state index contributed by atoms with van der Waals surface area (Å²) in [5, 5.41) is 2.83. The number of aryl methyl sites for hydroxylation is 2. The molecule has 4 aromatic rings. The smallest absolute Gasteiger partial charge is 0.262 e. The Bertz CT molecular complexity index is 1480. The van der Waals surface area contributed by atoms with Crippen LogP contribution in [0.5, 0.6) is 11.5 Å². The number of sulfonamides is 1. The van der Waals surface area contributed by atoms with Crippen LogP contribution in [0.4, 0.5) is 11.4 Å². The maximum atomic E-state index is 13.2. The lowest BCUT2D eigenvalue weighted by molar-refractivity contribution is 0.102. The van der Waals surface area contributed by atoms with Gasteiger partial charge in [-0.2, -0.15) is 0 Å². The van der Waals surface area contributed by atoms with Gasteiger partial charge in [0.1, 0.15) is 5.75 Å². The first-order valence-corrected chi connectivity index (χ1v) is 12.6. The highest BCUT2D eigenvalue weighted by molar-refractivity contribution is 7.92. The summed E-state index contributed by atoms with van der Waals surface area (Å²) < 4.78 is 35.0. The van der Waals surface area contributed by atoms with E-state index in [2.05, 4.69) is 10.0 Å². The van der Waals surface area contributed by atoms with Crippen molar-refractivity contribution in [1.29, 1.82) is 0 Å². The number of nitrogens with one attached hydrogen (secondary N) is 2. The third-order valence-corrected chi connectivity index (χ3v) is 7.20. The van der Waals surface area contributed by atoms with Crippen LogP contribution < -0.4 is 14.8 Å². The first-order valence-electron chi connectivity index (χ1n) is 11.1. The highest BCUT2D eigenvalue weighted by Gasteiger charge is 2.21. The largest absolute Gasteiger partial charge is 0.455 e. The van der Waals surface area contributed by atoms with E-state index in [1.165, 1.54) is 6.07 Å². The SMILES string of the molecule is Cc1ccc(C(=O)Nc2ccccc2Oc2ccccc2)cc1S(=O)(=O)Nc1cccc(C)c1C. The van der Waals surface area contributed by atoms with Crippen LogP contribution in [0.15, 0.2) is 95.9 Å². The van der Waals surface area contributed by atoms with E-state index in [0.29, 0.717) is 28.4 Å². The Labute approximate surface area is 205 Å². The summed E-state index contributed by atoms with van der Waals surface area (Å²) in [6.45, 7) is 5.48. The zero-order chi connectivity index (χ0) is 25.0. The molecule has 0 aliphatic carbocycles. The molecule has 0 saturated heterocycles. The molecular weight excluding hydrogens is 460 g/mol. The standard InChI is InChI=1S/C28H26N2O4S/c1-19-10-9-14-24(21(19)3)30-35(32,33)27-18-22(17-16-20(27)2)28(31)29-25-13-7-8-15-26(25)34-23-11-5-4-6-12-23/h4-18,30H,1-3H3,(H,29,31). The molecule has 4 rings (SSSR count). The zero-order valence-electron chi connectivity index (χ0n) is 19.7. The molecule has 0 unspecified atom stereocenters. The van der Waals surface area contributed by atoms with Crippen LogP contribution in [0.1, 0.15) is 27.0 Å². The van der Waals surface area contributed by atoms with Crippen molar-refractivity contribution in [2.45, 2.75) is 25.7 Å². The lowest BCUT2D eigenvalue weighted by Crippen LogP contribution is -2.18. The average Bonchev–Trinajstić information content (AvgIpc) is 2.84. The molecule has 0 saturated carbocycles. The minimum absolute atomic E-state index is 0.0416. The highest BCUT2D eigenvalue weighted by Crippen LogP contribution is 2.30. The lowest BCUT2D eigenvalue weighted by Gasteiger charge is -2.15. The minimum Gasteiger partial charge on any atom is -0.455 e. The molecule has 178 valence electrons.